The SMILES string of the molecule is CC(C)CNC(=O)c1ccc(NC(=O)N(C)Cc2ccccc2)cc1. The number of hydrogen-bond donors (Lipinski definition) is 2. The number of anilines is 1. The molecule has 0 heterocycles. The minimum atomic E-state index is -0.194. The predicted molar refractivity (Wildman–Crippen MR) is 101 cm³/mol. The van der Waals surface area contributed by atoms with Gasteiger partial charge in [0, 0.05) is 31.4 Å². The van der Waals surface area contributed by atoms with E-state index in [0.717, 1.165) is 5.56 Å². The second-order valence-electron chi connectivity index (χ2n) is 6.45. The van der Waals surface area contributed by atoms with E-state index < -0.39 is 0 Å². The van der Waals surface area contributed by atoms with Gasteiger partial charge in [0.15, 0.2) is 0 Å². The van der Waals surface area contributed by atoms with Gasteiger partial charge in [0.2, 0.25) is 0 Å². The average molecular weight is 339 g/mol. The Bertz CT molecular complexity index is 697. The van der Waals surface area contributed by atoms with Crippen molar-refractivity contribution in [1.29, 1.82) is 0 Å². The smallest absolute Gasteiger partial charge is 0.321 e. The average Bonchev–Trinajstić information content (AvgIpc) is 2.61. The maximum absolute atomic E-state index is 12.2. The summed E-state index contributed by atoms with van der Waals surface area (Å²) in [5, 5.41) is 5.70. The Balaban J connectivity index is 1.89. The molecular formula is C20H25N3O2. The first-order valence-corrected chi connectivity index (χ1v) is 8.40. The molecule has 0 unspecified atom stereocenters. The van der Waals surface area contributed by atoms with Crippen LogP contribution in [0, 0.1) is 5.92 Å². The maximum atomic E-state index is 12.2. The highest BCUT2D eigenvalue weighted by molar-refractivity contribution is 5.95. The zero-order valence-electron chi connectivity index (χ0n) is 15.0. The molecule has 0 saturated heterocycles. The summed E-state index contributed by atoms with van der Waals surface area (Å²) in [6, 6.07) is 16.5. The van der Waals surface area contributed by atoms with Crippen LogP contribution in [0.3, 0.4) is 0 Å². The Morgan fingerprint density at radius 2 is 1.64 bits per heavy atom. The maximum Gasteiger partial charge on any atom is 0.321 e. The lowest BCUT2D eigenvalue weighted by Gasteiger charge is -2.18. The summed E-state index contributed by atoms with van der Waals surface area (Å²) in [6.45, 7) is 5.26. The number of rotatable bonds is 6. The van der Waals surface area contributed by atoms with E-state index in [1.165, 1.54) is 0 Å². The third-order valence-corrected chi connectivity index (χ3v) is 3.68. The van der Waals surface area contributed by atoms with Crippen LogP contribution >= 0.6 is 0 Å². The van der Waals surface area contributed by atoms with Crippen LogP contribution in [-0.4, -0.2) is 30.4 Å². The summed E-state index contributed by atoms with van der Waals surface area (Å²) in [6.07, 6.45) is 0. The van der Waals surface area contributed by atoms with Crippen molar-refractivity contribution >= 4 is 17.6 Å². The van der Waals surface area contributed by atoms with Gasteiger partial charge in [-0.2, -0.15) is 0 Å². The first kappa shape index (κ1) is 18.5. The van der Waals surface area contributed by atoms with Gasteiger partial charge < -0.3 is 15.5 Å². The van der Waals surface area contributed by atoms with E-state index in [9.17, 15) is 9.59 Å². The summed E-state index contributed by atoms with van der Waals surface area (Å²) in [5.74, 6) is 0.301. The van der Waals surface area contributed by atoms with Crippen molar-refractivity contribution in [3.63, 3.8) is 0 Å². The normalized spacial score (nSPS) is 10.4. The summed E-state index contributed by atoms with van der Waals surface area (Å²) < 4.78 is 0. The molecule has 2 aromatic rings. The number of benzene rings is 2. The van der Waals surface area contributed by atoms with Crippen LogP contribution in [0.4, 0.5) is 10.5 Å². The Kier molecular flexibility index (Phi) is 6.57. The van der Waals surface area contributed by atoms with Crippen molar-refractivity contribution in [1.82, 2.24) is 10.2 Å². The van der Waals surface area contributed by atoms with Crippen LogP contribution in [-0.2, 0) is 6.54 Å². The van der Waals surface area contributed by atoms with Crippen LogP contribution in [0.1, 0.15) is 29.8 Å². The second-order valence-corrected chi connectivity index (χ2v) is 6.45. The van der Waals surface area contributed by atoms with Gasteiger partial charge in [0.05, 0.1) is 0 Å². The third kappa shape index (κ3) is 5.95. The summed E-state index contributed by atoms with van der Waals surface area (Å²) >= 11 is 0. The molecule has 2 aromatic carbocycles. The number of nitrogens with one attached hydrogen (secondary N) is 2. The molecule has 132 valence electrons. The number of amides is 3. The molecule has 25 heavy (non-hydrogen) atoms. The van der Waals surface area contributed by atoms with Gasteiger partial charge in [0.25, 0.3) is 5.91 Å². The highest BCUT2D eigenvalue weighted by Crippen LogP contribution is 2.11. The van der Waals surface area contributed by atoms with Gasteiger partial charge in [-0.25, -0.2) is 4.79 Å². The fourth-order valence-corrected chi connectivity index (χ4v) is 2.25. The van der Waals surface area contributed by atoms with E-state index >= 15 is 0 Å². The van der Waals surface area contributed by atoms with Gasteiger partial charge in [0.1, 0.15) is 0 Å². The molecule has 0 radical (unpaired) electrons. The zero-order chi connectivity index (χ0) is 18.2. The van der Waals surface area contributed by atoms with Crippen molar-refractivity contribution in [3.05, 3.63) is 65.7 Å². The molecule has 0 aliphatic heterocycles. The lowest BCUT2D eigenvalue weighted by molar-refractivity contribution is 0.0949. The standard InChI is InChI=1S/C20H25N3O2/c1-15(2)13-21-19(24)17-9-11-18(12-10-17)22-20(25)23(3)14-16-7-5-4-6-8-16/h4-12,15H,13-14H2,1-3H3,(H,21,24)(H,22,25). The zero-order valence-corrected chi connectivity index (χ0v) is 15.0. The molecular weight excluding hydrogens is 314 g/mol. The second kappa shape index (κ2) is 8.87. The summed E-state index contributed by atoms with van der Waals surface area (Å²) in [7, 11) is 1.75. The van der Waals surface area contributed by atoms with E-state index in [2.05, 4.69) is 10.6 Å². The minimum absolute atomic E-state index is 0.104. The molecule has 2 N–H and O–H groups in total. The molecule has 0 spiro atoms. The molecule has 5 nitrogen and oxygen atoms in total. The molecule has 0 fully saturated rings. The van der Waals surface area contributed by atoms with Gasteiger partial charge in [-0.1, -0.05) is 44.2 Å². The lowest BCUT2D eigenvalue weighted by atomic mass is 10.1. The fraction of sp³-hybridized carbons (Fsp3) is 0.300. The number of nitrogens with zero attached hydrogens (tertiary/aromatic N) is 1. The van der Waals surface area contributed by atoms with E-state index in [1.54, 1.807) is 36.2 Å². The number of urea groups is 1. The molecule has 0 aliphatic rings. The van der Waals surface area contributed by atoms with Crippen LogP contribution in [0.15, 0.2) is 54.6 Å². The number of hydrogen-bond acceptors (Lipinski definition) is 2. The largest absolute Gasteiger partial charge is 0.352 e. The Morgan fingerprint density at radius 3 is 2.24 bits per heavy atom. The van der Waals surface area contributed by atoms with E-state index in [0.29, 0.717) is 30.3 Å². The first-order valence-electron chi connectivity index (χ1n) is 8.40. The van der Waals surface area contributed by atoms with Crippen LogP contribution in [0.2, 0.25) is 0 Å². The molecule has 2 rings (SSSR count). The van der Waals surface area contributed by atoms with Gasteiger partial charge in [-0.15, -0.1) is 0 Å². The molecule has 0 bridgehead atoms. The fourth-order valence-electron chi connectivity index (χ4n) is 2.25. The van der Waals surface area contributed by atoms with Crippen LogP contribution in [0.5, 0.6) is 0 Å². The molecule has 0 aliphatic carbocycles. The summed E-state index contributed by atoms with van der Waals surface area (Å²) in [4.78, 5) is 25.8. The van der Waals surface area contributed by atoms with Gasteiger partial charge >= 0.3 is 6.03 Å². The van der Waals surface area contributed by atoms with Crippen molar-refractivity contribution in [2.75, 3.05) is 18.9 Å². The van der Waals surface area contributed by atoms with Crippen molar-refractivity contribution in [2.45, 2.75) is 20.4 Å². The Labute approximate surface area is 149 Å². The van der Waals surface area contributed by atoms with Crippen molar-refractivity contribution in [3.8, 4) is 0 Å². The Hall–Kier alpha value is -2.82. The van der Waals surface area contributed by atoms with Crippen LogP contribution in [0.25, 0.3) is 0 Å². The first-order chi connectivity index (χ1) is 12.0. The number of carbonyl (C=O) groups excluding carboxylic acids is 2. The van der Waals surface area contributed by atoms with Crippen molar-refractivity contribution < 1.29 is 9.59 Å². The topological polar surface area (TPSA) is 61.4 Å². The highest BCUT2D eigenvalue weighted by Gasteiger charge is 2.10. The molecule has 0 saturated carbocycles. The van der Waals surface area contributed by atoms with Gasteiger partial charge in [-0.05, 0) is 35.7 Å². The predicted octanol–water partition coefficient (Wildman–Crippen LogP) is 3.74. The quantitative estimate of drug-likeness (QED) is 0.842. The molecule has 0 aromatic heterocycles. The number of carbonyl (C=O) groups is 2. The van der Waals surface area contributed by atoms with Crippen molar-refractivity contribution in [2.24, 2.45) is 5.92 Å². The molecule has 0 atom stereocenters. The third-order valence-electron chi connectivity index (χ3n) is 3.68. The van der Waals surface area contributed by atoms with E-state index in [-0.39, 0.29) is 11.9 Å². The Morgan fingerprint density at radius 1 is 1.00 bits per heavy atom. The summed E-state index contributed by atoms with van der Waals surface area (Å²) in [5.41, 5.74) is 2.30. The lowest BCUT2D eigenvalue weighted by Crippen LogP contribution is -2.31. The molecule has 5 heteroatoms. The van der Waals surface area contributed by atoms with Gasteiger partial charge in [-0.3, -0.25) is 4.79 Å². The van der Waals surface area contributed by atoms with E-state index in [1.807, 2.05) is 44.2 Å². The van der Waals surface area contributed by atoms with Crippen LogP contribution < -0.4 is 10.6 Å². The monoisotopic (exact) mass is 339 g/mol. The molecule has 3 amide bonds. The minimum Gasteiger partial charge on any atom is -0.352 e. The highest BCUT2D eigenvalue weighted by atomic mass is 16.2. The van der Waals surface area contributed by atoms with E-state index in [4.69, 9.17) is 0 Å².